The van der Waals surface area contributed by atoms with Crippen LogP contribution < -0.4 is 15.2 Å². The van der Waals surface area contributed by atoms with Gasteiger partial charge in [-0.05, 0) is 48.0 Å². The van der Waals surface area contributed by atoms with Crippen LogP contribution in [0, 0.1) is 0 Å². The van der Waals surface area contributed by atoms with Gasteiger partial charge in [-0.25, -0.2) is 8.42 Å². The van der Waals surface area contributed by atoms with E-state index in [0.29, 0.717) is 10.2 Å². The number of nitrogens with one attached hydrogen (secondary N) is 1. The van der Waals surface area contributed by atoms with Gasteiger partial charge in [0.2, 0.25) is 15.9 Å². The lowest BCUT2D eigenvalue weighted by molar-refractivity contribution is -0.122. The standard InChI is InChI=1S/C11H15BrN2O4S/c1-11(2,10(13)15)14-19(16,17)7-4-5-9(18-3)8(12)6-7/h4-6,14H,1-3H3,(H2,13,15). The molecule has 1 rings (SSSR count). The van der Waals surface area contributed by atoms with Crippen molar-refractivity contribution in [1.82, 2.24) is 4.72 Å². The highest BCUT2D eigenvalue weighted by Crippen LogP contribution is 2.27. The number of amides is 1. The first-order chi connectivity index (χ1) is 8.60. The molecule has 0 atom stereocenters. The average molecular weight is 351 g/mol. The van der Waals surface area contributed by atoms with Gasteiger partial charge in [-0.15, -0.1) is 0 Å². The van der Waals surface area contributed by atoms with Gasteiger partial charge >= 0.3 is 0 Å². The Morgan fingerprint density at radius 3 is 2.42 bits per heavy atom. The normalized spacial score (nSPS) is 12.2. The lowest BCUT2D eigenvalue weighted by Crippen LogP contribution is -2.52. The molecular formula is C11H15BrN2O4S. The quantitative estimate of drug-likeness (QED) is 0.827. The molecule has 0 spiro atoms. The van der Waals surface area contributed by atoms with Crippen molar-refractivity contribution in [2.45, 2.75) is 24.3 Å². The zero-order valence-electron chi connectivity index (χ0n) is 10.7. The third-order valence-corrected chi connectivity index (χ3v) is 4.71. The predicted octanol–water partition coefficient (Wildman–Crippen LogP) is 1.000. The van der Waals surface area contributed by atoms with Crippen LogP contribution in [0.5, 0.6) is 5.75 Å². The van der Waals surface area contributed by atoms with Crippen molar-refractivity contribution in [3.05, 3.63) is 22.7 Å². The van der Waals surface area contributed by atoms with Crippen LogP contribution in [0.2, 0.25) is 0 Å². The number of hydrogen-bond donors (Lipinski definition) is 2. The molecule has 8 heteroatoms. The van der Waals surface area contributed by atoms with Crippen molar-refractivity contribution in [2.75, 3.05) is 7.11 Å². The molecule has 0 aliphatic heterocycles. The lowest BCUT2D eigenvalue weighted by atomic mass is 10.1. The Morgan fingerprint density at radius 2 is 2.00 bits per heavy atom. The second kappa shape index (κ2) is 5.48. The molecule has 0 unspecified atom stereocenters. The van der Waals surface area contributed by atoms with Crippen LogP contribution >= 0.6 is 15.9 Å². The highest BCUT2D eigenvalue weighted by atomic mass is 79.9. The van der Waals surface area contributed by atoms with E-state index in [-0.39, 0.29) is 4.90 Å². The zero-order chi connectivity index (χ0) is 14.8. The van der Waals surface area contributed by atoms with Gasteiger partial charge in [-0.3, -0.25) is 4.79 Å². The summed E-state index contributed by atoms with van der Waals surface area (Å²) in [7, 11) is -2.37. The number of rotatable bonds is 5. The Morgan fingerprint density at radius 1 is 1.42 bits per heavy atom. The van der Waals surface area contributed by atoms with Gasteiger partial charge < -0.3 is 10.5 Å². The van der Waals surface area contributed by atoms with Crippen molar-refractivity contribution < 1.29 is 17.9 Å². The Balaban J connectivity index is 3.15. The number of primary amides is 1. The molecule has 0 radical (unpaired) electrons. The number of ether oxygens (including phenoxy) is 1. The number of sulfonamides is 1. The van der Waals surface area contributed by atoms with Crippen LogP contribution in [0.15, 0.2) is 27.6 Å². The van der Waals surface area contributed by atoms with Crippen molar-refractivity contribution in [2.24, 2.45) is 5.73 Å². The molecule has 106 valence electrons. The van der Waals surface area contributed by atoms with E-state index in [1.807, 2.05) is 0 Å². The molecule has 0 saturated heterocycles. The van der Waals surface area contributed by atoms with Crippen LogP contribution in [-0.4, -0.2) is 27.0 Å². The molecule has 0 saturated carbocycles. The van der Waals surface area contributed by atoms with Gasteiger partial charge in [0.25, 0.3) is 0 Å². The molecule has 6 nitrogen and oxygen atoms in total. The van der Waals surface area contributed by atoms with E-state index in [1.165, 1.54) is 39.2 Å². The summed E-state index contributed by atoms with van der Waals surface area (Å²) in [5.74, 6) is -0.253. The fourth-order valence-electron chi connectivity index (χ4n) is 1.26. The van der Waals surface area contributed by atoms with E-state index < -0.39 is 21.5 Å². The molecule has 19 heavy (non-hydrogen) atoms. The van der Waals surface area contributed by atoms with Gasteiger partial charge in [-0.2, -0.15) is 4.72 Å². The van der Waals surface area contributed by atoms with Crippen LogP contribution in [0.25, 0.3) is 0 Å². The minimum atomic E-state index is -3.85. The van der Waals surface area contributed by atoms with Crippen molar-refractivity contribution in [3.8, 4) is 5.75 Å². The van der Waals surface area contributed by atoms with Crippen LogP contribution in [0.4, 0.5) is 0 Å². The van der Waals surface area contributed by atoms with Gasteiger partial charge in [0.1, 0.15) is 11.3 Å². The first-order valence-corrected chi connectivity index (χ1v) is 7.55. The molecule has 0 bridgehead atoms. The van der Waals surface area contributed by atoms with Gasteiger partial charge in [0, 0.05) is 0 Å². The maximum atomic E-state index is 12.1. The van der Waals surface area contributed by atoms with E-state index in [2.05, 4.69) is 20.7 Å². The fourth-order valence-corrected chi connectivity index (χ4v) is 3.36. The molecule has 1 aromatic rings. The largest absolute Gasteiger partial charge is 0.496 e. The third kappa shape index (κ3) is 3.68. The molecule has 1 amide bonds. The topological polar surface area (TPSA) is 98.5 Å². The summed E-state index contributed by atoms with van der Waals surface area (Å²) in [5.41, 5.74) is 3.77. The van der Waals surface area contributed by atoms with Crippen molar-refractivity contribution in [1.29, 1.82) is 0 Å². The second-order valence-corrected chi connectivity index (χ2v) is 6.93. The van der Waals surface area contributed by atoms with E-state index in [9.17, 15) is 13.2 Å². The van der Waals surface area contributed by atoms with Gasteiger partial charge in [0.05, 0.1) is 16.5 Å². The Hall–Kier alpha value is -1.12. The minimum absolute atomic E-state index is 0.00880. The summed E-state index contributed by atoms with van der Waals surface area (Å²) in [6.07, 6.45) is 0. The van der Waals surface area contributed by atoms with E-state index >= 15 is 0 Å². The number of halogens is 1. The smallest absolute Gasteiger partial charge is 0.241 e. The molecule has 0 fully saturated rings. The number of carbonyl (C=O) groups is 1. The number of benzene rings is 1. The summed E-state index contributed by atoms with van der Waals surface area (Å²) in [5, 5.41) is 0. The summed E-state index contributed by atoms with van der Waals surface area (Å²) >= 11 is 3.20. The number of hydrogen-bond acceptors (Lipinski definition) is 4. The molecule has 3 N–H and O–H groups in total. The lowest BCUT2D eigenvalue weighted by Gasteiger charge is -2.22. The predicted molar refractivity (Wildman–Crippen MR) is 74.3 cm³/mol. The highest BCUT2D eigenvalue weighted by molar-refractivity contribution is 9.10. The maximum Gasteiger partial charge on any atom is 0.241 e. The number of nitrogens with two attached hydrogens (primary N) is 1. The Labute approximate surface area is 120 Å². The third-order valence-electron chi connectivity index (χ3n) is 2.44. The van der Waals surface area contributed by atoms with Crippen molar-refractivity contribution >= 4 is 31.9 Å². The van der Waals surface area contributed by atoms with Gasteiger partial charge in [-0.1, -0.05) is 0 Å². The SMILES string of the molecule is COc1ccc(S(=O)(=O)NC(C)(C)C(N)=O)cc1Br. The summed E-state index contributed by atoms with van der Waals surface area (Å²) in [6, 6.07) is 4.27. The number of methoxy groups -OCH3 is 1. The molecule has 0 aromatic heterocycles. The zero-order valence-corrected chi connectivity index (χ0v) is 13.1. The average Bonchev–Trinajstić information content (AvgIpc) is 2.27. The fraction of sp³-hybridized carbons (Fsp3) is 0.364. The molecule has 0 aliphatic carbocycles. The minimum Gasteiger partial charge on any atom is -0.496 e. The van der Waals surface area contributed by atoms with Crippen LogP contribution in [0.1, 0.15) is 13.8 Å². The molecule has 1 aromatic carbocycles. The first-order valence-electron chi connectivity index (χ1n) is 5.27. The van der Waals surface area contributed by atoms with Crippen LogP contribution in [-0.2, 0) is 14.8 Å². The first kappa shape index (κ1) is 15.9. The summed E-state index contributed by atoms with van der Waals surface area (Å²) in [6.45, 7) is 2.79. The summed E-state index contributed by atoms with van der Waals surface area (Å²) in [4.78, 5) is 11.2. The molecular weight excluding hydrogens is 336 g/mol. The van der Waals surface area contributed by atoms with Crippen molar-refractivity contribution in [3.63, 3.8) is 0 Å². The second-order valence-electron chi connectivity index (χ2n) is 4.39. The molecule has 0 aliphatic rings. The van der Waals surface area contributed by atoms with E-state index in [1.54, 1.807) is 0 Å². The summed E-state index contributed by atoms with van der Waals surface area (Å²) < 4.78 is 32.0. The Bertz CT molecular complexity index is 599. The number of carbonyl (C=O) groups excluding carboxylic acids is 1. The van der Waals surface area contributed by atoms with Gasteiger partial charge in [0.15, 0.2) is 0 Å². The monoisotopic (exact) mass is 350 g/mol. The maximum absolute atomic E-state index is 12.1. The van der Waals surface area contributed by atoms with Crippen LogP contribution in [0.3, 0.4) is 0 Å². The Kier molecular flexibility index (Phi) is 4.59. The van der Waals surface area contributed by atoms with E-state index in [0.717, 1.165) is 0 Å². The highest BCUT2D eigenvalue weighted by Gasteiger charge is 2.31. The molecule has 0 heterocycles. The van der Waals surface area contributed by atoms with E-state index in [4.69, 9.17) is 10.5 Å².